The van der Waals surface area contributed by atoms with Crippen LogP contribution in [0.25, 0.3) is 5.69 Å². The van der Waals surface area contributed by atoms with Crippen LogP contribution in [0.1, 0.15) is 39.0 Å². The number of anilines is 1. The summed E-state index contributed by atoms with van der Waals surface area (Å²) in [6.45, 7) is 4.53. The molecular formula is C22H28ClFN4O3S. The van der Waals surface area contributed by atoms with Gasteiger partial charge >= 0.3 is 5.56 Å². The topological polar surface area (TPSA) is 73.7 Å². The van der Waals surface area contributed by atoms with Crippen LogP contribution >= 0.6 is 11.6 Å². The second kappa shape index (κ2) is 10.4. The lowest BCUT2D eigenvalue weighted by Crippen LogP contribution is -2.49. The molecule has 1 saturated heterocycles. The van der Waals surface area contributed by atoms with Crippen LogP contribution in [-0.2, 0) is 11.4 Å². The van der Waals surface area contributed by atoms with E-state index < -0.39 is 22.7 Å². The van der Waals surface area contributed by atoms with Gasteiger partial charge in [0.2, 0.25) is 5.75 Å². The van der Waals surface area contributed by atoms with Gasteiger partial charge in [0.05, 0.1) is 31.1 Å². The molecule has 0 bridgehead atoms. The second-order valence-corrected chi connectivity index (χ2v) is 10.2. The van der Waals surface area contributed by atoms with E-state index in [4.69, 9.17) is 16.3 Å². The number of piperazine rings is 1. The Morgan fingerprint density at radius 3 is 2.59 bits per heavy atom. The molecule has 1 aliphatic carbocycles. The van der Waals surface area contributed by atoms with Gasteiger partial charge in [-0.15, -0.1) is 4.31 Å². The molecule has 0 N–H and O–H groups in total. The maximum absolute atomic E-state index is 13.9. The van der Waals surface area contributed by atoms with Crippen LogP contribution in [0.4, 0.5) is 10.1 Å². The number of aromatic nitrogens is 2. The number of hydrogen-bond donors (Lipinski definition) is 0. The standard InChI is InChI=1S/C22H28ClFN4O3S/c1-2-11-32(30)27-9-7-26(8-10-27)20-15-25-28(18-13-16(23)12-17(24)14-18)22(29)21(20)31-19-5-3-4-6-19/h12-15,19H,2-11H2,1H3. The third kappa shape index (κ3) is 5.22. The Kier molecular flexibility index (Phi) is 7.60. The molecular weight excluding hydrogens is 455 g/mol. The predicted octanol–water partition coefficient (Wildman–Crippen LogP) is 3.54. The molecule has 10 heteroatoms. The maximum atomic E-state index is 13.9. The van der Waals surface area contributed by atoms with E-state index in [0.717, 1.165) is 36.8 Å². The molecule has 0 spiro atoms. The smallest absolute Gasteiger partial charge is 0.316 e. The minimum absolute atomic E-state index is 0.0215. The highest BCUT2D eigenvalue weighted by Gasteiger charge is 2.29. The van der Waals surface area contributed by atoms with Crippen LogP contribution in [0.15, 0.2) is 29.2 Å². The lowest BCUT2D eigenvalue weighted by molar-refractivity contribution is 0.205. The average Bonchev–Trinajstić information content (AvgIpc) is 3.28. The van der Waals surface area contributed by atoms with Crippen molar-refractivity contribution < 1.29 is 13.7 Å². The molecule has 1 atom stereocenters. The van der Waals surface area contributed by atoms with Crippen LogP contribution in [-0.4, -0.2) is 56.7 Å². The van der Waals surface area contributed by atoms with E-state index in [9.17, 15) is 13.7 Å². The molecule has 1 aromatic carbocycles. The molecule has 2 aliphatic rings. The van der Waals surface area contributed by atoms with Crippen LogP contribution in [0.2, 0.25) is 5.02 Å². The Morgan fingerprint density at radius 1 is 1.22 bits per heavy atom. The van der Waals surface area contributed by atoms with Gasteiger partial charge in [-0.3, -0.25) is 4.79 Å². The van der Waals surface area contributed by atoms with Crippen molar-refractivity contribution in [3.05, 3.63) is 45.6 Å². The SMILES string of the molecule is CCC[S+]([O-])N1CCN(c2cnn(-c3cc(F)cc(Cl)c3)c(=O)c2OC2CCCC2)CC1. The number of nitrogens with zero attached hydrogens (tertiary/aromatic N) is 4. The predicted molar refractivity (Wildman–Crippen MR) is 125 cm³/mol. The average molecular weight is 483 g/mol. The zero-order valence-electron chi connectivity index (χ0n) is 18.1. The van der Waals surface area contributed by atoms with E-state index in [1.807, 2.05) is 11.2 Å². The zero-order chi connectivity index (χ0) is 22.7. The van der Waals surface area contributed by atoms with Gasteiger partial charge < -0.3 is 14.2 Å². The van der Waals surface area contributed by atoms with E-state index in [2.05, 4.69) is 10.00 Å². The fourth-order valence-electron chi connectivity index (χ4n) is 4.22. The molecule has 1 aliphatic heterocycles. The molecule has 4 rings (SSSR count). The highest BCUT2D eigenvalue weighted by Crippen LogP contribution is 2.30. The van der Waals surface area contributed by atoms with Gasteiger partial charge in [0, 0.05) is 29.5 Å². The van der Waals surface area contributed by atoms with Crippen LogP contribution < -0.4 is 15.2 Å². The van der Waals surface area contributed by atoms with Crippen molar-refractivity contribution in [1.29, 1.82) is 0 Å². The van der Waals surface area contributed by atoms with E-state index >= 15 is 0 Å². The molecule has 0 radical (unpaired) electrons. The van der Waals surface area contributed by atoms with Crippen molar-refractivity contribution >= 4 is 28.7 Å². The van der Waals surface area contributed by atoms with E-state index in [1.54, 1.807) is 6.20 Å². The van der Waals surface area contributed by atoms with Crippen LogP contribution in [0.5, 0.6) is 5.75 Å². The monoisotopic (exact) mass is 482 g/mol. The molecule has 174 valence electrons. The van der Waals surface area contributed by atoms with E-state index in [0.29, 0.717) is 37.6 Å². The van der Waals surface area contributed by atoms with E-state index in [-0.39, 0.29) is 22.6 Å². The number of benzene rings is 1. The quantitative estimate of drug-likeness (QED) is 0.562. The molecule has 32 heavy (non-hydrogen) atoms. The van der Waals surface area contributed by atoms with Crippen LogP contribution in [0.3, 0.4) is 0 Å². The molecule has 1 saturated carbocycles. The second-order valence-electron chi connectivity index (χ2n) is 8.17. The number of hydrogen-bond acceptors (Lipinski definition) is 6. The van der Waals surface area contributed by atoms with E-state index in [1.165, 1.54) is 18.2 Å². The Morgan fingerprint density at radius 2 is 1.94 bits per heavy atom. The third-order valence-electron chi connectivity index (χ3n) is 5.84. The number of halogens is 2. The third-order valence-corrected chi connectivity index (χ3v) is 7.76. The lowest BCUT2D eigenvalue weighted by atomic mass is 10.2. The molecule has 2 aromatic rings. The van der Waals surface area contributed by atoms with Gasteiger partial charge in [0.25, 0.3) is 0 Å². The summed E-state index contributed by atoms with van der Waals surface area (Å²) in [7, 11) is 0. The van der Waals surface area contributed by atoms with Gasteiger partial charge in [-0.2, -0.15) is 9.78 Å². The first kappa shape index (κ1) is 23.4. The summed E-state index contributed by atoms with van der Waals surface area (Å²) in [6, 6.07) is 3.91. The number of rotatable bonds is 7. The summed E-state index contributed by atoms with van der Waals surface area (Å²) in [5.41, 5.74) is 0.442. The minimum atomic E-state index is -0.978. The van der Waals surface area contributed by atoms with Crippen molar-refractivity contribution in [3.8, 4) is 11.4 Å². The van der Waals surface area contributed by atoms with Gasteiger partial charge in [-0.25, -0.2) is 4.39 Å². The summed E-state index contributed by atoms with van der Waals surface area (Å²) in [6.07, 6.45) is 6.39. The summed E-state index contributed by atoms with van der Waals surface area (Å²) in [5, 5.41) is 4.50. The number of ether oxygens (including phenoxy) is 1. The van der Waals surface area contributed by atoms with Crippen molar-refractivity contribution in [2.75, 3.05) is 36.8 Å². The molecule has 1 aromatic heterocycles. The fraction of sp³-hybridized carbons (Fsp3) is 0.545. The summed E-state index contributed by atoms with van der Waals surface area (Å²) >= 11 is 5.01. The Bertz CT molecular complexity index is 973. The normalized spacial score (nSPS) is 18.8. The molecule has 7 nitrogen and oxygen atoms in total. The molecule has 1 unspecified atom stereocenters. The van der Waals surface area contributed by atoms with Crippen molar-refractivity contribution in [2.45, 2.75) is 45.1 Å². The first-order valence-electron chi connectivity index (χ1n) is 11.1. The fourth-order valence-corrected chi connectivity index (χ4v) is 5.61. The summed E-state index contributed by atoms with van der Waals surface area (Å²) in [4.78, 5) is 15.5. The van der Waals surface area contributed by atoms with Crippen molar-refractivity contribution in [1.82, 2.24) is 14.1 Å². The zero-order valence-corrected chi connectivity index (χ0v) is 19.7. The molecule has 0 amide bonds. The van der Waals surface area contributed by atoms with Gasteiger partial charge in [0.15, 0.2) is 0 Å². The molecule has 2 heterocycles. The largest absolute Gasteiger partial charge is 0.598 e. The Hall–Kier alpha value is -1.81. The first-order chi connectivity index (χ1) is 15.5. The highest BCUT2D eigenvalue weighted by molar-refractivity contribution is 7.89. The molecule has 2 fully saturated rings. The Labute approximate surface area is 195 Å². The van der Waals surface area contributed by atoms with Gasteiger partial charge in [-0.05, 0) is 50.3 Å². The summed E-state index contributed by atoms with van der Waals surface area (Å²) in [5.74, 6) is 0.347. The Balaban J connectivity index is 1.65. The first-order valence-corrected chi connectivity index (χ1v) is 12.8. The lowest BCUT2D eigenvalue weighted by Gasteiger charge is -2.36. The maximum Gasteiger partial charge on any atom is 0.316 e. The highest BCUT2D eigenvalue weighted by atomic mass is 35.5. The van der Waals surface area contributed by atoms with Gasteiger partial charge in [-0.1, -0.05) is 18.5 Å². The summed E-state index contributed by atoms with van der Waals surface area (Å²) < 4.78 is 35.6. The minimum Gasteiger partial charge on any atom is -0.598 e. The van der Waals surface area contributed by atoms with Crippen molar-refractivity contribution in [3.63, 3.8) is 0 Å². The van der Waals surface area contributed by atoms with Crippen molar-refractivity contribution in [2.24, 2.45) is 0 Å². The van der Waals surface area contributed by atoms with Crippen LogP contribution in [0, 0.1) is 5.82 Å². The van der Waals surface area contributed by atoms with Gasteiger partial charge in [0.1, 0.15) is 17.3 Å².